The minimum Gasteiger partial charge on any atom is -0.488 e. The Hall–Kier alpha value is -4.05. The van der Waals surface area contributed by atoms with Crippen LogP contribution in [-0.2, 0) is 49.9 Å². The number of hydrogen-bond donors (Lipinski definition) is 1. The molecule has 7 rings (SSSR count). The summed E-state index contributed by atoms with van der Waals surface area (Å²) < 4.78 is 37.7. The van der Waals surface area contributed by atoms with Gasteiger partial charge in [-0.3, -0.25) is 0 Å². The SMILES string of the molecule is O[C@@H]1[C@@H](OCc2ccccc2)[C@H](OCc2ccccc2)[C@@H](COCc2ccccc2)O[C@H]1c1ccc(Cl)c(Cc2ccc(O[C@H]3CCOC3)cc2)c1. The summed E-state index contributed by atoms with van der Waals surface area (Å²) in [6.07, 6.45) is -2.05. The molecule has 0 amide bonds. The lowest BCUT2D eigenvalue weighted by molar-refractivity contribution is -0.263. The normalized spacial score (nSPS) is 23.0. The van der Waals surface area contributed by atoms with Crippen LogP contribution >= 0.6 is 11.6 Å². The molecular weight excluding hydrogens is 676 g/mol. The van der Waals surface area contributed by atoms with E-state index in [0.717, 1.165) is 52.2 Å². The standard InChI is InChI=1S/C44H45ClO7/c45-39-21-18-35(25-36(39)24-31-16-19-37(20-17-31)51-38-22-23-47-29-38)42-41(46)44(50-28-34-14-8-3-9-15-34)43(49-27-33-12-6-2-7-13-33)40(52-42)30-48-26-32-10-4-1-5-11-32/h1-21,25,38,40-44,46H,22-24,26-30H2/t38-,40+,41-,42-,43+,44+/m0/s1. The lowest BCUT2D eigenvalue weighted by atomic mass is 9.89. The average molecular weight is 721 g/mol. The van der Waals surface area contributed by atoms with Crippen molar-refractivity contribution < 1.29 is 33.5 Å². The van der Waals surface area contributed by atoms with Crippen LogP contribution in [0.25, 0.3) is 0 Å². The van der Waals surface area contributed by atoms with E-state index in [-0.39, 0.29) is 12.7 Å². The van der Waals surface area contributed by atoms with Gasteiger partial charge in [-0.1, -0.05) is 127 Å². The summed E-state index contributed by atoms with van der Waals surface area (Å²) in [6, 6.07) is 43.9. The molecule has 0 spiro atoms. The Morgan fingerprint density at radius 1 is 0.673 bits per heavy atom. The maximum Gasteiger partial charge on any atom is 0.124 e. The van der Waals surface area contributed by atoms with Gasteiger partial charge in [0.05, 0.1) is 39.6 Å². The van der Waals surface area contributed by atoms with Gasteiger partial charge in [-0.05, 0) is 58.0 Å². The van der Waals surface area contributed by atoms with Crippen LogP contribution in [0.3, 0.4) is 0 Å². The molecule has 2 aliphatic heterocycles. The van der Waals surface area contributed by atoms with Crippen LogP contribution < -0.4 is 4.74 Å². The summed E-state index contributed by atoms with van der Waals surface area (Å²) in [6.45, 7) is 2.65. The van der Waals surface area contributed by atoms with Gasteiger partial charge < -0.3 is 33.5 Å². The van der Waals surface area contributed by atoms with Crippen molar-refractivity contribution in [3.05, 3.63) is 172 Å². The quantitative estimate of drug-likeness (QED) is 0.117. The average Bonchev–Trinajstić information content (AvgIpc) is 3.70. The van der Waals surface area contributed by atoms with Gasteiger partial charge in [-0.2, -0.15) is 0 Å². The number of hydrogen-bond acceptors (Lipinski definition) is 7. The van der Waals surface area contributed by atoms with Gasteiger partial charge in [-0.15, -0.1) is 0 Å². The molecule has 6 atom stereocenters. The van der Waals surface area contributed by atoms with E-state index in [1.807, 2.05) is 121 Å². The van der Waals surface area contributed by atoms with Crippen molar-refractivity contribution in [2.45, 2.75) is 69.3 Å². The lowest BCUT2D eigenvalue weighted by Gasteiger charge is -2.45. The molecule has 0 unspecified atom stereocenters. The number of halogens is 1. The van der Waals surface area contributed by atoms with Crippen LogP contribution in [0.1, 0.15) is 45.9 Å². The zero-order chi connectivity index (χ0) is 35.5. The highest BCUT2D eigenvalue weighted by atomic mass is 35.5. The number of ether oxygens (including phenoxy) is 6. The molecule has 2 heterocycles. The van der Waals surface area contributed by atoms with Crippen LogP contribution in [0.5, 0.6) is 5.75 Å². The molecule has 0 bridgehead atoms. The highest BCUT2D eigenvalue weighted by Gasteiger charge is 2.47. The van der Waals surface area contributed by atoms with Gasteiger partial charge in [0.25, 0.3) is 0 Å². The summed E-state index contributed by atoms with van der Waals surface area (Å²) in [5, 5.41) is 12.8. The Morgan fingerprint density at radius 2 is 1.29 bits per heavy atom. The third kappa shape index (κ3) is 9.68. The molecule has 2 aliphatic rings. The van der Waals surface area contributed by atoms with Crippen molar-refractivity contribution in [3.63, 3.8) is 0 Å². The zero-order valence-corrected chi connectivity index (χ0v) is 29.9. The predicted molar refractivity (Wildman–Crippen MR) is 200 cm³/mol. The fourth-order valence-corrected chi connectivity index (χ4v) is 6.93. The smallest absolute Gasteiger partial charge is 0.124 e. The van der Waals surface area contributed by atoms with E-state index in [2.05, 4.69) is 12.1 Å². The molecular formula is C44H45ClO7. The van der Waals surface area contributed by atoms with Crippen LogP contribution in [-0.4, -0.2) is 55.4 Å². The van der Waals surface area contributed by atoms with E-state index in [9.17, 15) is 5.11 Å². The molecule has 0 saturated carbocycles. The molecule has 0 aliphatic carbocycles. The van der Waals surface area contributed by atoms with Crippen LogP contribution in [0.15, 0.2) is 133 Å². The molecule has 8 heteroatoms. The first kappa shape index (κ1) is 36.3. The van der Waals surface area contributed by atoms with Crippen LogP contribution in [0.2, 0.25) is 5.02 Å². The summed E-state index contributed by atoms with van der Waals surface area (Å²) in [5.74, 6) is 0.823. The Bertz CT molecular complexity index is 1800. The zero-order valence-electron chi connectivity index (χ0n) is 29.1. The second kappa shape index (κ2) is 18.1. The molecule has 5 aromatic carbocycles. The molecule has 270 valence electrons. The first-order valence-electron chi connectivity index (χ1n) is 18.0. The van der Waals surface area contributed by atoms with Crippen molar-refractivity contribution in [2.24, 2.45) is 0 Å². The second-order valence-electron chi connectivity index (χ2n) is 13.4. The molecule has 1 N–H and O–H groups in total. The number of aliphatic hydroxyl groups excluding tert-OH is 1. The molecule has 0 radical (unpaired) electrons. The van der Waals surface area contributed by atoms with E-state index in [1.165, 1.54) is 0 Å². The fourth-order valence-electron chi connectivity index (χ4n) is 6.74. The summed E-state index contributed by atoms with van der Waals surface area (Å²) in [5.41, 5.74) is 5.88. The van der Waals surface area contributed by atoms with Crippen molar-refractivity contribution >= 4 is 11.6 Å². The van der Waals surface area contributed by atoms with E-state index >= 15 is 0 Å². The Kier molecular flexibility index (Phi) is 12.7. The minimum absolute atomic E-state index is 0.0929. The van der Waals surface area contributed by atoms with Gasteiger partial charge in [0.1, 0.15) is 42.4 Å². The van der Waals surface area contributed by atoms with Crippen LogP contribution in [0.4, 0.5) is 0 Å². The maximum absolute atomic E-state index is 12.1. The molecule has 5 aromatic rings. The topological polar surface area (TPSA) is 75.6 Å². The van der Waals surface area contributed by atoms with Crippen molar-refractivity contribution in [3.8, 4) is 5.75 Å². The Labute approximate surface area is 311 Å². The Balaban J connectivity index is 1.13. The van der Waals surface area contributed by atoms with Gasteiger partial charge in [0.2, 0.25) is 0 Å². The van der Waals surface area contributed by atoms with Crippen molar-refractivity contribution in [1.82, 2.24) is 0 Å². The van der Waals surface area contributed by atoms with Crippen molar-refractivity contribution in [1.29, 1.82) is 0 Å². The maximum atomic E-state index is 12.1. The van der Waals surface area contributed by atoms with E-state index in [4.69, 9.17) is 40.0 Å². The molecule has 2 fully saturated rings. The van der Waals surface area contributed by atoms with Gasteiger partial charge in [-0.25, -0.2) is 0 Å². The number of benzene rings is 5. The second-order valence-corrected chi connectivity index (χ2v) is 13.8. The number of aliphatic hydroxyl groups is 1. The van der Waals surface area contributed by atoms with E-state index < -0.39 is 30.5 Å². The third-order valence-electron chi connectivity index (χ3n) is 9.53. The molecule has 0 aromatic heterocycles. The van der Waals surface area contributed by atoms with Crippen LogP contribution in [0, 0.1) is 0 Å². The van der Waals surface area contributed by atoms with Crippen molar-refractivity contribution in [2.75, 3.05) is 19.8 Å². The summed E-state index contributed by atoms with van der Waals surface area (Å²) in [4.78, 5) is 0. The first-order chi connectivity index (χ1) is 25.6. The number of rotatable bonds is 15. The highest BCUT2D eigenvalue weighted by Crippen LogP contribution is 2.38. The van der Waals surface area contributed by atoms with E-state index in [0.29, 0.717) is 37.9 Å². The first-order valence-corrected chi connectivity index (χ1v) is 18.3. The van der Waals surface area contributed by atoms with Gasteiger partial charge in [0.15, 0.2) is 0 Å². The van der Waals surface area contributed by atoms with Gasteiger partial charge in [0, 0.05) is 11.4 Å². The third-order valence-corrected chi connectivity index (χ3v) is 9.90. The highest BCUT2D eigenvalue weighted by molar-refractivity contribution is 6.31. The molecule has 7 nitrogen and oxygen atoms in total. The van der Waals surface area contributed by atoms with Gasteiger partial charge >= 0.3 is 0 Å². The molecule has 52 heavy (non-hydrogen) atoms. The summed E-state index contributed by atoms with van der Waals surface area (Å²) in [7, 11) is 0. The predicted octanol–water partition coefficient (Wildman–Crippen LogP) is 8.29. The Morgan fingerprint density at radius 3 is 1.90 bits per heavy atom. The minimum atomic E-state index is -1.04. The fraction of sp³-hybridized carbons (Fsp3) is 0.318. The largest absolute Gasteiger partial charge is 0.488 e. The molecule has 2 saturated heterocycles. The van der Waals surface area contributed by atoms with E-state index in [1.54, 1.807) is 0 Å². The summed E-state index contributed by atoms with van der Waals surface area (Å²) >= 11 is 6.78. The lowest BCUT2D eigenvalue weighted by Crippen LogP contribution is -2.57. The monoisotopic (exact) mass is 720 g/mol.